The first kappa shape index (κ1) is 73.8. The topological polar surface area (TPSA) is 78.9 Å². The molecule has 1 unspecified atom stereocenters. The molecule has 6 heteroatoms. The molecular formula is C73H114O6. The normalized spacial score (nSPS) is 13.3. The van der Waals surface area contributed by atoms with Crippen LogP contribution in [0.4, 0.5) is 0 Å². The van der Waals surface area contributed by atoms with Gasteiger partial charge in [0.05, 0.1) is 0 Å². The number of rotatable bonds is 55. The number of carbonyl (C=O) groups is 3. The van der Waals surface area contributed by atoms with E-state index in [1.165, 1.54) is 77.0 Å². The maximum absolute atomic E-state index is 12.9. The predicted octanol–water partition coefficient (Wildman–Crippen LogP) is 21.9. The summed E-state index contributed by atoms with van der Waals surface area (Å²) >= 11 is 0. The van der Waals surface area contributed by atoms with Gasteiger partial charge < -0.3 is 14.2 Å². The molecule has 0 saturated carbocycles. The van der Waals surface area contributed by atoms with Gasteiger partial charge in [-0.3, -0.25) is 14.4 Å². The monoisotopic (exact) mass is 1090 g/mol. The molecule has 6 nitrogen and oxygen atoms in total. The van der Waals surface area contributed by atoms with E-state index in [-0.39, 0.29) is 44.0 Å². The molecule has 0 amide bonds. The maximum Gasteiger partial charge on any atom is 0.306 e. The van der Waals surface area contributed by atoms with Gasteiger partial charge in [0.25, 0.3) is 0 Å². The van der Waals surface area contributed by atoms with Crippen LogP contribution in [0, 0.1) is 0 Å². The van der Waals surface area contributed by atoms with Crippen molar-refractivity contribution in [3.05, 3.63) is 170 Å². The largest absolute Gasteiger partial charge is 0.462 e. The summed E-state index contributed by atoms with van der Waals surface area (Å²) in [7, 11) is 0. The smallest absolute Gasteiger partial charge is 0.306 e. The van der Waals surface area contributed by atoms with Gasteiger partial charge in [-0.25, -0.2) is 0 Å². The Labute approximate surface area is 485 Å². The van der Waals surface area contributed by atoms with Crippen LogP contribution < -0.4 is 0 Å². The van der Waals surface area contributed by atoms with Gasteiger partial charge in [0, 0.05) is 19.3 Å². The minimum absolute atomic E-state index is 0.125. The summed E-state index contributed by atoms with van der Waals surface area (Å²) in [6.45, 7) is 6.32. The first-order valence-electron chi connectivity index (χ1n) is 31.6. The molecule has 0 bridgehead atoms. The second-order valence-electron chi connectivity index (χ2n) is 20.2. The third-order valence-corrected chi connectivity index (χ3v) is 12.7. The molecule has 0 aliphatic heterocycles. The second-order valence-corrected chi connectivity index (χ2v) is 20.2. The van der Waals surface area contributed by atoms with Crippen molar-refractivity contribution in [1.82, 2.24) is 0 Å². The summed E-state index contributed by atoms with van der Waals surface area (Å²) in [5.41, 5.74) is 0. The number of carbonyl (C=O) groups excluding carboxylic acids is 3. The van der Waals surface area contributed by atoms with Gasteiger partial charge in [0.1, 0.15) is 13.2 Å². The molecule has 0 spiro atoms. The fourth-order valence-electron chi connectivity index (χ4n) is 8.07. The number of esters is 3. The fraction of sp³-hybridized carbons (Fsp3) is 0.575. The van der Waals surface area contributed by atoms with E-state index in [0.717, 1.165) is 122 Å². The van der Waals surface area contributed by atoms with Gasteiger partial charge in [0.15, 0.2) is 6.10 Å². The fourth-order valence-corrected chi connectivity index (χ4v) is 8.07. The van der Waals surface area contributed by atoms with E-state index in [4.69, 9.17) is 14.2 Å². The number of unbranched alkanes of at least 4 members (excludes halogenated alkanes) is 16. The first-order valence-corrected chi connectivity index (χ1v) is 31.6. The lowest BCUT2D eigenvalue weighted by Crippen LogP contribution is -2.30. The van der Waals surface area contributed by atoms with Crippen molar-refractivity contribution in [3.8, 4) is 0 Å². The summed E-state index contributed by atoms with van der Waals surface area (Å²) in [6.07, 6.45) is 96.5. The van der Waals surface area contributed by atoms with Crippen molar-refractivity contribution in [2.45, 2.75) is 258 Å². The van der Waals surface area contributed by atoms with Crippen LogP contribution in [-0.4, -0.2) is 37.2 Å². The molecule has 79 heavy (non-hydrogen) atoms. The van der Waals surface area contributed by atoms with Crippen LogP contribution in [0.1, 0.15) is 252 Å². The molecule has 0 saturated heterocycles. The molecule has 0 rings (SSSR count). The zero-order valence-electron chi connectivity index (χ0n) is 50.6. The minimum Gasteiger partial charge on any atom is -0.462 e. The Morgan fingerprint density at radius 1 is 0.266 bits per heavy atom. The highest BCUT2D eigenvalue weighted by Gasteiger charge is 2.19. The number of ether oxygens (including phenoxy) is 3. The molecule has 442 valence electrons. The second kappa shape index (κ2) is 65.3. The highest BCUT2D eigenvalue weighted by Crippen LogP contribution is 2.15. The Hall–Kier alpha value is -5.23. The molecule has 0 aromatic carbocycles. The Morgan fingerprint density at radius 2 is 0.494 bits per heavy atom. The summed E-state index contributed by atoms with van der Waals surface area (Å²) in [5, 5.41) is 0. The average Bonchev–Trinajstić information content (AvgIpc) is 3.45. The number of allylic oxidation sites excluding steroid dienone is 28. The number of hydrogen-bond donors (Lipinski definition) is 0. The maximum atomic E-state index is 12.9. The van der Waals surface area contributed by atoms with Crippen molar-refractivity contribution >= 4 is 17.9 Å². The lowest BCUT2D eigenvalue weighted by atomic mass is 10.0. The Balaban J connectivity index is 4.61. The summed E-state index contributed by atoms with van der Waals surface area (Å²) in [5.74, 6) is -1.05. The summed E-state index contributed by atoms with van der Waals surface area (Å²) in [4.78, 5) is 38.3. The van der Waals surface area contributed by atoms with Gasteiger partial charge in [-0.2, -0.15) is 0 Å². The summed E-state index contributed by atoms with van der Waals surface area (Å²) < 4.78 is 16.8. The van der Waals surface area contributed by atoms with Crippen molar-refractivity contribution in [1.29, 1.82) is 0 Å². The van der Waals surface area contributed by atoms with Crippen LogP contribution in [0.3, 0.4) is 0 Å². The van der Waals surface area contributed by atoms with E-state index in [9.17, 15) is 14.4 Å². The third kappa shape index (κ3) is 63.5. The van der Waals surface area contributed by atoms with E-state index in [1.54, 1.807) is 0 Å². The standard InChI is InChI=1S/C73H114O6/c1-4-7-10-13-16-19-22-25-28-30-32-34-36-38-40-42-45-48-51-54-57-60-63-66-72(75)78-69-70(68-77-71(74)65-62-59-56-53-50-47-44-27-24-21-18-15-12-9-6-3)79-73(76)67-64-61-58-55-52-49-46-43-41-39-37-35-33-31-29-26-23-20-17-14-11-8-5-2/h7-8,10-11,16-17,19-20,25-26,28-29,32-35,38-41,45-46,48-49,54-55,57-58,70H,4-6,9,12-15,18,21-24,27,30-31,36-37,42-44,47,50-53,56,59-69H2,1-3H3/b10-7-,11-8-,19-16-,20-17-,28-25-,29-26-,34-32-,35-33-,40-38-,41-39-,48-45-,49-46-,57-54-,58-55-. The van der Waals surface area contributed by atoms with Crippen LogP contribution in [0.15, 0.2) is 170 Å². The van der Waals surface area contributed by atoms with Gasteiger partial charge in [-0.15, -0.1) is 0 Å². The quantitative estimate of drug-likeness (QED) is 0.0261. The highest BCUT2D eigenvalue weighted by molar-refractivity contribution is 5.71. The Kier molecular flexibility index (Phi) is 61.0. The van der Waals surface area contributed by atoms with Crippen LogP contribution in [0.5, 0.6) is 0 Å². The van der Waals surface area contributed by atoms with Crippen molar-refractivity contribution in [3.63, 3.8) is 0 Å². The zero-order chi connectivity index (χ0) is 57.1. The van der Waals surface area contributed by atoms with Crippen molar-refractivity contribution in [2.75, 3.05) is 13.2 Å². The lowest BCUT2D eigenvalue weighted by molar-refractivity contribution is -0.167. The Bertz CT molecular complexity index is 1820. The molecule has 0 aliphatic rings. The van der Waals surface area contributed by atoms with Gasteiger partial charge in [-0.05, 0) is 122 Å². The lowest BCUT2D eigenvalue weighted by Gasteiger charge is -2.18. The van der Waals surface area contributed by atoms with E-state index >= 15 is 0 Å². The van der Waals surface area contributed by atoms with Crippen LogP contribution in [-0.2, 0) is 28.6 Å². The molecule has 1 atom stereocenters. The van der Waals surface area contributed by atoms with Crippen LogP contribution in [0.25, 0.3) is 0 Å². The average molecular weight is 1090 g/mol. The number of hydrogen-bond acceptors (Lipinski definition) is 6. The van der Waals surface area contributed by atoms with Gasteiger partial charge in [0.2, 0.25) is 0 Å². The SMILES string of the molecule is CC/C=C\C/C=C\C/C=C\C/C=C\C/C=C\C/C=C\C/C=C\CCCC(=O)OCC(COC(=O)CCCCCCCCCCCCCCCCC)OC(=O)CCC/C=C\C/C=C\C/C=C\C/C=C\C/C=C\C/C=C\C/C=C\CC. The molecule has 0 fully saturated rings. The van der Waals surface area contributed by atoms with E-state index in [1.807, 2.05) is 0 Å². The molecule has 0 heterocycles. The minimum atomic E-state index is -0.841. The predicted molar refractivity (Wildman–Crippen MR) is 343 cm³/mol. The van der Waals surface area contributed by atoms with Gasteiger partial charge >= 0.3 is 17.9 Å². The molecule has 0 N–H and O–H groups in total. The molecule has 0 aliphatic carbocycles. The third-order valence-electron chi connectivity index (χ3n) is 12.7. The molecular weight excluding hydrogens is 973 g/mol. The Morgan fingerprint density at radius 3 is 0.772 bits per heavy atom. The van der Waals surface area contributed by atoms with Crippen molar-refractivity contribution in [2.24, 2.45) is 0 Å². The van der Waals surface area contributed by atoms with Crippen LogP contribution >= 0.6 is 0 Å². The molecule has 0 radical (unpaired) electrons. The summed E-state index contributed by atoms with van der Waals surface area (Å²) in [6, 6.07) is 0. The highest BCUT2D eigenvalue weighted by atomic mass is 16.6. The first-order chi connectivity index (χ1) is 39.0. The van der Waals surface area contributed by atoms with Crippen molar-refractivity contribution < 1.29 is 28.6 Å². The van der Waals surface area contributed by atoms with E-state index < -0.39 is 6.10 Å². The van der Waals surface area contributed by atoms with Gasteiger partial charge in [-0.1, -0.05) is 281 Å². The van der Waals surface area contributed by atoms with Crippen LogP contribution in [0.2, 0.25) is 0 Å². The molecule has 0 aromatic heterocycles. The molecule has 0 aromatic rings. The van der Waals surface area contributed by atoms with E-state index in [2.05, 4.69) is 191 Å². The van der Waals surface area contributed by atoms with E-state index in [0.29, 0.717) is 19.3 Å². The zero-order valence-corrected chi connectivity index (χ0v) is 50.6.